The van der Waals surface area contributed by atoms with Gasteiger partial charge in [0.05, 0.1) is 12.6 Å². The zero-order valence-electron chi connectivity index (χ0n) is 18.7. The highest BCUT2D eigenvalue weighted by Crippen LogP contribution is 2.24. The molecule has 1 aliphatic rings. The Morgan fingerprint density at radius 1 is 1.37 bits per heavy atom. The van der Waals surface area contributed by atoms with E-state index in [1.54, 1.807) is 7.11 Å². The molecule has 7 heteroatoms. The monoisotopic (exact) mass is 415 g/mol. The lowest BCUT2D eigenvalue weighted by Gasteiger charge is -2.29. The Kier molecular flexibility index (Phi) is 8.67. The van der Waals surface area contributed by atoms with E-state index in [2.05, 4.69) is 16.8 Å². The van der Waals surface area contributed by atoms with E-state index in [9.17, 15) is 14.9 Å². The molecular weight excluding hydrogens is 382 g/mol. The lowest BCUT2D eigenvalue weighted by atomic mass is 9.86. The lowest BCUT2D eigenvalue weighted by molar-refractivity contribution is -0.144. The normalized spacial score (nSPS) is 20.3. The molecule has 0 aromatic carbocycles. The average Bonchev–Trinajstić information content (AvgIpc) is 2.99. The fourth-order valence-corrected chi connectivity index (χ4v) is 4.22. The number of aryl methyl sites for hydroxylation is 1. The Balaban J connectivity index is 2.02. The molecule has 7 nitrogen and oxygen atoms in total. The average molecular weight is 416 g/mol. The third-order valence-electron chi connectivity index (χ3n) is 5.80. The van der Waals surface area contributed by atoms with E-state index in [4.69, 9.17) is 9.47 Å². The van der Waals surface area contributed by atoms with Crippen molar-refractivity contribution in [3.05, 3.63) is 28.6 Å². The van der Waals surface area contributed by atoms with Crippen LogP contribution in [0.4, 0.5) is 0 Å². The fraction of sp³-hybridized carbons (Fsp3) is 0.609. The number of methoxy groups -OCH3 is 1. The molecule has 1 heterocycles. The van der Waals surface area contributed by atoms with Gasteiger partial charge in [0.1, 0.15) is 11.6 Å². The number of hydrogen-bond donors (Lipinski definition) is 1. The smallest absolute Gasteiger partial charge is 0.349 e. The molecule has 30 heavy (non-hydrogen) atoms. The molecule has 0 aliphatic heterocycles. The summed E-state index contributed by atoms with van der Waals surface area (Å²) in [6.45, 7) is 8.24. The molecule has 164 valence electrons. The number of nitriles is 1. The van der Waals surface area contributed by atoms with Crippen LogP contribution in [0.1, 0.15) is 62.5 Å². The summed E-state index contributed by atoms with van der Waals surface area (Å²) in [6, 6.07) is 4.06. The number of nitrogens with one attached hydrogen (secondary N) is 1. The predicted molar refractivity (Wildman–Crippen MR) is 115 cm³/mol. The quantitative estimate of drug-likeness (QED) is 0.399. The van der Waals surface area contributed by atoms with Crippen LogP contribution in [0.5, 0.6) is 0 Å². The molecule has 1 aromatic rings. The standard InChI is InChI=1S/C23H33N3O4/c1-15-8-6-7-9-21(15)25-22(27)14-30-23(28)20(12-24)11-19-10-16(2)26(18(19)4)17(3)13-29-5/h10-11,15,17,21H,6-9,13-14H2,1-5H3,(H,25,27)/b20-11+/t15-,17-,21-/m0/s1. The van der Waals surface area contributed by atoms with Crippen molar-refractivity contribution >= 4 is 18.0 Å². The third kappa shape index (κ3) is 5.96. The lowest BCUT2D eigenvalue weighted by Crippen LogP contribution is -2.42. The third-order valence-corrected chi connectivity index (χ3v) is 5.80. The summed E-state index contributed by atoms with van der Waals surface area (Å²) in [5.74, 6) is -0.700. The highest BCUT2D eigenvalue weighted by atomic mass is 16.5. The van der Waals surface area contributed by atoms with E-state index < -0.39 is 5.97 Å². The van der Waals surface area contributed by atoms with Gasteiger partial charge in [0.2, 0.25) is 0 Å². The minimum absolute atomic E-state index is 0.121. The van der Waals surface area contributed by atoms with Gasteiger partial charge in [0.25, 0.3) is 5.91 Å². The van der Waals surface area contributed by atoms with Gasteiger partial charge in [-0.25, -0.2) is 4.79 Å². The van der Waals surface area contributed by atoms with E-state index in [1.807, 2.05) is 32.9 Å². The van der Waals surface area contributed by atoms with Crippen LogP contribution in [0.3, 0.4) is 0 Å². The molecule has 1 aliphatic carbocycles. The molecule has 0 saturated heterocycles. The van der Waals surface area contributed by atoms with Crippen molar-refractivity contribution in [1.29, 1.82) is 5.26 Å². The zero-order valence-corrected chi connectivity index (χ0v) is 18.7. The molecular formula is C23H33N3O4. The Hall–Kier alpha value is -2.59. The molecule has 1 saturated carbocycles. The van der Waals surface area contributed by atoms with Crippen molar-refractivity contribution in [1.82, 2.24) is 9.88 Å². The molecule has 0 bridgehead atoms. The molecule has 1 amide bonds. The maximum absolute atomic E-state index is 12.4. The molecule has 3 atom stereocenters. The van der Waals surface area contributed by atoms with Gasteiger partial charge in [-0.15, -0.1) is 0 Å². The SMILES string of the molecule is COC[C@H](C)n1c(C)cc(/C=C(\C#N)C(=O)OCC(=O)N[C@H]2CCCC[C@@H]2C)c1C. The number of amides is 1. The van der Waals surface area contributed by atoms with Crippen molar-refractivity contribution in [2.24, 2.45) is 5.92 Å². The number of aromatic nitrogens is 1. The Labute approximate surface area is 179 Å². The first kappa shape index (κ1) is 23.7. The van der Waals surface area contributed by atoms with Crippen LogP contribution in [0, 0.1) is 31.1 Å². The van der Waals surface area contributed by atoms with Crippen molar-refractivity contribution in [3.8, 4) is 6.07 Å². The number of hydrogen-bond acceptors (Lipinski definition) is 5. The molecule has 1 aromatic heterocycles. The largest absolute Gasteiger partial charge is 0.451 e. The van der Waals surface area contributed by atoms with Crippen LogP contribution in [0.25, 0.3) is 6.08 Å². The number of carbonyl (C=O) groups is 2. The zero-order chi connectivity index (χ0) is 22.3. The molecule has 0 unspecified atom stereocenters. The Morgan fingerprint density at radius 3 is 2.70 bits per heavy atom. The fourth-order valence-electron chi connectivity index (χ4n) is 4.22. The van der Waals surface area contributed by atoms with Crippen LogP contribution >= 0.6 is 0 Å². The number of carbonyl (C=O) groups excluding carboxylic acids is 2. The van der Waals surface area contributed by atoms with Gasteiger partial charge in [0.15, 0.2) is 6.61 Å². The van der Waals surface area contributed by atoms with E-state index in [0.29, 0.717) is 12.5 Å². The summed E-state index contributed by atoms with van der Waals surface area (Å²) in [7, 11) is 1.65. The van der Waals surface area contributed by atoms with Crippen LogP contribution in [0.15, 0.2) is 11.6 Å². The number of nitrogens with zero attached hydrogens (tertiary/aromatic N) is 2. The van der Waals surface area contributed by atoms with Crippen LogP contribution in [-0.2, 0) is 19.1 Å². The highest BCUT2D eigenvalue weighted by molar-refractivity contribution is 5.99. The first-order chi connectivity index (χ1) is 14.3. The second-order valence-corrected chi connectivity index (χ2v) is 8.18. The summed E-state index contributed by atoms with van der Waals surface area (Å²) in [6.07, 6.45) is 5.83. The van der Waals surface area contributed by atoms with Gasteiger partial charge in [-0.1, -0.05) is 19.8 Å². The van der Waals surface area contributed by atoms with E-state index >= 15 is 0 Å². The van der Waals surface area contributed by atoms with Crippen molar-refractivity contribution in [2.75, 3.05) is 20.3 Å². The number of esters is 1. The first-order valence-corrected chi connectivity index (χ1v) is 10.5. The van der Waals surface area contributed by atoms with E-state index in [-0.39, 0.29) is 30.2 Å². The Bertz CT molecular complexity index is 834. The maximum atomic E-state index is 12.4. The molecule has 1 N–H and O–H groups in total. The summed E-state index contributed by atoms with van der Waals surface area (Å²) in [5, 5.41) is 12.4. The highest BCUT2D eigenvalue weighted by Gasteiger charge is 2.23. The van der Waals surface area contributed by atoms with E-state index in [0.717, 1.165) is 36.2 Å². The van der Waals surface area contributed by atoms with Crippen LogP contribution in [-0.4, -0.2) is 42.8 Å². The van der Waals surface area contributed by atoms with Crippen molar-refractivity contribution < 1.29 is 19.1 Å². The summed E-state index contributed by atoms with van der Waals surface area (Å²) in [4.78, 5) is 24.5. The molecule has 2 rings (SSSR count). The van der Waals surface area contributed by atoms with Crippen LogP contribution < -0.4 is 5.32 Å². The summed E-state index contributed by atoms with van der Waals surface area (Å²) in [5.41, 5.74) is 2.58. The van der Waals surface area contributed by atoms with Crippen molar-refractivity contribution in [3.63, 3.8) is 0 Å². The second-order valence-electron chi connectivity index (χ2n) is 8.18. The Morgan fingerprint density at radius 2 is 2.07 bits per heavy atom. The summed E-state index contributed by atoms with van der Waals surface area (Å²) < 4.78 is 12.4. The molecule has 1 fully saturated rings. The van der Waals surface area contributed by atoms with Gasteiger partial charge in [-0.05, 0) is 57.2 Å². The van der Waals surface area contributed by atoms with Gasteiger partial charge in [-0.3, -0.25) is 4.79 Å². The van der Waals surface area contributed by atoms with Gasteiger partial charge in [0, 0.05) is 24.5 Å². The van der Waals surface area contributed by atoms with Gasteiger partial charge in [-0.2, -0.15) is 5.26 Å². The number of rotatable bonds is 8. The molecule has 0 spiro atoms. The van der Waals surface area contributed by atoms with Gasteiger partial charge < -0.3 is 19.4 Å². The minimum Gasteiger partial charge on any atom is -0.451 e. The number of ether oxygens (including phenoxy) is 2. The summed E-state index contributed by atoms with van der Waals surface area (Å²) >= 11 is 0. The minimum atomic E-state index is -0.793. The second kappa shape index (κ2) is 11.0. The topological polar surface area (TPSA) is 93.3 Å². The molecule has 0 radical (unpaired) electrons. The predicted octanol–water partition coefficient (Wildman–Crippen LogP) is 3.46. The first-order valence-electron chi connectivity index (χ1n) is 10.5. The van der Waals surface area contributed by atoms with Crippen LogP contribution in [0.2, 0.25) is 0 Å². The van der Waals surface area contributed by atoms with Gasteiger partial charge >= 0.3 is 5.97 Å². The van der Waals surface area contributed by atoms with E-state index in [1.165, 1.54) is 12.5 Å². The van der Waals surface area contributed by atoms with Crippen molar-refractivity contribution in [2.45, 2.75) is 65.5 Å². The maximum Gasteiger partial charge on any atom is 0.349 e.